The quantitative estimate of drug-likeness (QED) is 0.147. The number of carbonyl (C=O) groups excluding carboxylic acids is 1. The zero-order valence-corrected chi connectivity index (χ0v) is 27.7. The topological polar surface area (TPSA) is 96.9 Å². The minimum absolute atomic E-state index is 0.0328. The van der Waals surface area contributed by atoms with E-state index in [0.29, 0.717) is 37.8 Å². The zero-order chi connectivity index (χ0) is 32.4. The summed E-state index contributed by atoms with van der Waals surface area (Å²) in [6.45, 7) is 5.43. The number of esters is 1. The fourth-order valence-electron chi connectivity index (χ4n) is 5.28. The van der Waals surface area contributed by atoms with Crippen LogP contribution in [0.3, 0.4) is 0 Å². The third-order valence-electron chi connectivity index (χ3n) is 7.48. The van der Waals surface area contributed by atoms with Crippen molar-refractivity contribution < 1.29 is 19.0 Å². The number of aromatic nitrogens is 3. The average Bonchev–Trinajstić information content (AvgIpc) is 3.63. The Bertz CT molecular complexity index is 2160. The lowest BCUT2D eigenvalue weighted by molar-refractivity contribution is -0.138. The number of hydrogen-bond donors (Lipinski definition) is 0. The van der Waals surface area contributed by atoms with Crippen molar-refractivity contribution in [2.75, 3.05) is 20.8 Å². The van der Waals surface area contributed by atoms with Gasteiger partial charge in [-0.3, -0.25) is 9.36 Å². The second-order valence-electron chi connectivity index (χ2n) is 10.3. The Morgan fingerprint density at radius 1 is 1.07 bits per heavy atom. The van der Waals surface area contributed by atoms with Gasteiger partial charge in [-0.2, -0.15) is 5.10 Å². The predicted molar refractivity (Wildman–Crippen MR) is 181 cm³/mol. The molecule has 9 nitrogen and oxygen atoms in total. The predicted octanol–water partition coefficient (Wildman–Crippen LogP) is 5.60. The summed E-state index contributed by atoms with van der Waals surface area (Å²) >= 11 is 4.84. The molecule has 3 heterocycles. The van der Waals surface area contributed by atoms with Gasteiger partial charge in [0, 0.05) is 17.3 Å². The maximum Gasteiger partial charge on any atom is 0.338 e. The van der Waals surface area contributed by atoms with Crippen LogP contribution < -0.4 is 24.4 Å². The number of thiazole rings is 1. The van der Waals surface area contributed by atoms with Crippen molar-refractivity contribution in [3.05, 3.63) is 138 Å². The van der Waals surface area contributed by atoms with E-state index in [1.165, 1.54) is 17.4 Å². The molecule has 0 aliphatic carbocycles. The molecular weight excluding hydrogens is 668 g/mol. The number of para-hydroxylation sites is 1. The van der Waals surface area contributed by atoms with Crippen LogP contribution in [0.15, 0.2) is 117 Å². The number of halogens is 1. The number of allylic oxidation sites excluding steroid dienone is 1. The molecule has 0 saturated carbocycles. The van der Waals surface area contributed by atoms with Gasteiger partial charge in [-0.05, 0) is 77.0 Å². The SMILES string of the molecule is C=CCOC(=O)C1=C(C)N=c2s/c(=C\c3cn(-c4ccccc4)nc3-c3ccc(OC)c(Br)c3)c(=O)n2C1c1ccc(OC)cc1. The van der Waals surface area contributed by atoms with Crippen LogP contribution in [0.25, 0.3) is 23.0 Å². The standard InChI is InChI=1S/C35H29BrN4O5S/c1-5-17-45-34(42)30-21(2)37-35-40(32(30)22-11-14-26(43-3)15-12-22)33(41)29(46-35)19-24-20-39(25-9-7-6-8-10-25)38-31(24)23-13-16-28(44-4)27(36)18-23/h5-16,18-20,32H,1,17H2,2-4H3/b29-19-. The molecule has 0 bridgehead atoms. The second kappa shape index (κ2) is 13.2. The van der Waals surface area contributed by atoms with Crippen LogP contribution in [0, 0.1) is 0 Å². The van der Waals surface area contributed by atoms with Crippen LogP contribution in [-0.2, 0) is 9.53 Å². The van der Waals surface area contributed by atoms with E-state index in [-0.39, 0.29) is 17.7 Å². The molecular formula is C35H29BrN4O5S. The highest BCUT2D eigenvalue weighted by atomic mass is 79.9. The highest BCUT2D eigenvalue weighted by Gasteiger charge is 2.33. The van der Waals surface area contributed by atoms with E-state index in [0.717, 1.165) is 21.3 Å². The van der Waals surface area contributed by atoms with Gasteiger partial charge in [0.25, 0.3) is 5.56 Å². The first-order valence-corrected chi connectivity index (χ1v) is 15.9. The van der Waals surface area contributed by atoms with Crippen molar-refractivity contribution >= 4 is 39.3 Å². The summed E-state index contributed by atoms with van der Waals surface area (Å²) in [6.07, 6.45) is 5.22. The van der Waals surface area contributed by atoms with Gasteiger partial charge in [0.2, 0.25) is 0 Å². The Balaban J connectivity index is 1.55. The Labute approximate surface area is 277 Å². The average molecular weight is 698 g/mol. The van der Waals surface area contributed by atoms with Crippen LogP contribution in [0.5, 0.6) is 11.5 Å². The fourth-order valence-corrected chi connectivity index (χ4v) is 6.86. The Morgan fingerprint density at radius 2 is 1.83 bits per heavy atom. The zero-order valence-electron chi connectivity index (χ0n) is 25.3. The van der Waals surface area contributed by atoms with Gasteiger partial charge in [-0.1, -0.05) is 54.3 Å². The summed E-state index contributed by atoms with van der Waals surface area (Å²) in [5.41, 5.74) is 4.29. The van der Waals surface area contributed by atoms with E-state index in [4.69, 9.17) is 24.3 Å². The lowest BCUT2D eigenvalue weighted by Gasteiger charge is -2.24. The van der Waals surface area contributed by atoms with Gasteiger partial charge >= 0.3 is 5.97 Å². The van der Waals surface area contributed by atoms with Crippen molar-refractivity contribution in [3.8, 4) is 28.4 Å². The molecule has 0 radical (unpaired) electrons. The van der Waals surface area contributed by atoms with E-state index in [2.05, 4.69) is 22.5 Å². The highest BCUT2D eigenvalue weighted by molar-refractivity contribution is 9.10. The highest BCUT2D eigenvalue weighted by Crippen LogP contribution is 2.33. The van der Waals surface area contributed by atoms with E-state index in [1.807, 2.05) is 72.9 Å². The third-order valence-corrected chi connectivity index (χ3v) is 9.08. The molecule has 0 saturated heterocycles. The molecule has 0 spiro atoms. The molecule has 1 aliphatic rings. The molecule has 5 aromatic rings. The van der Waals surface area contributed by atoms with Crippen molar-refractivity contribution in [1.29, 1.82) is 0 Å². The largest absolute Gasteiger partial charge is 0.497 e. The molecule has 1 atom stereocenters. The molecule has 11 heteroatoms. The summed E-state index contributed by atoms with van der Waals surface area (Å²) in [6, 6.07) is 22.0. The number of fused-ring (bicyclic) bond motifs is 1. The van der Waals surface area contributed by atoms with Gasteiger partial charge in [0.05, 0.1) is 46.2 Å². The summed E-state index contributed by atoms with van der Waals surface area (Å²) in [5.74, 6) is 0.783. The molecule has 46 heavy (non-hydrogen) atoms. The molecule has 0 fully saturated rings. The van der Waals surface area contributed by atoms with Gasteiger partial charge in [0.15, 0.2) is 4.80 Å². The van der Waals surface area contributed by atoms with Crippen LogP contribution >= 0.6 is 27.3 Å². The number of hydrogen-bond acceptors (Lipinski definition) is 8. The van der Waals surface area contributed by atoms with Crippen molar-refractivity contribution in [2.24, 2.45) is 4.99 Å². The summed E-state index contributed by atoms with van der Waals surface area (Å²) in [7, 11) is 3.19. The molecule has 6 rings (SSSR count). The van der Waals surface area contributed by atoms with Crippen LogP contribution in [0.2, 0.25) is 0 Å². The number of nitrogens with zero attached hydrogens (tertiary/aromatic N) is 4. The van der Waals surface area contributed by atoms with E-state index in [9.17, 15) is 9.59 Å². The summed E-state index contributed by atoms with van der Waals surface area (Å²) in [4.78, 5) is 32.8. The van der Waals surface area contributed by atoms with E-state index >= 15 is 0 Å². The molecule has 1 aliphatic heterocycles. The van der Waals surface area contributed by atoms with Gasteiger partial charge in [0.1, 0.15) is 23.8 Å². The number of benzene rings is 3. The molecule has 0 N–H and O–H groups in total. The monoisotopic (exact) mass is 696 g/mol. The third kappa shape index (κ3) is 5.86. The minimum Gasteiger partial charge on any atom is -0.497 e. The van der Waals surface area contributed by atoms with Gasteiger partial charge < -0.3 is 14.2 Å². The Hall–Kier alpha value is -5.00. The maximum absolute atomic E-state index is 14.3. The van der Waals surface area contributed by atoms with E-state index < -0.39 is 12.0 Å². The smallest absolute Gasteiger partial charge is 0.338 e. The first-order chi connectivity index (χ1) is 22.3. The molecule has 0 amide bonds. The van der Waals surface area contributed by atoms with Gasteiger partial charge in [-0.25, -0.2) is 14.5 Å². The molecule has 232 valence electrons. The minimum atomic E-state index is -0.759. The van der Waals surface area contributed by atoms with Crippen LogP contribution in [0.4, 0.5) is 0 Å². The first kappa shape index (κ1) is 31.0. The Morgan fingerprint density at radius 3 is 2.50 bits per heavy atom. The number of carbonyl (C=O) groups is 1. The second-order valence-corrected chi connectivity index (χ2v) is 12.2. The number of ether oxygens (including phenoxy) is 3. The van der Waals surface area contributed by atoms with E-state index in [1.54, 1.807) is 42.5 Å². The molecule has 3 aromatic carbocycles. The number of rotatable bonds is 9. The molecule has 2 aromatic heterocycles. The molecule has 1 unspecified atom stereocenters. The van der Waals surface area contributed by atoms with Crippen molar-refractivity contribution in [3.63, 3.8) is 0 Å². The number of methoxy groups -OCH3 is 2. The van der Waals surface area contributed by atoms with Crippen LogP contribution in [-0.4, -0.2) is 41.1 Å². The normalized spacial score (nSPS) is 14.4. The van der Waals surface area contributed by atoms with Crippen LogP contribution in [0.1, 0.15) is 24.1 Å². The lowest BCUT2D eigenvalue weighted by Crippen LogP contribution is -2.39. The van der Waals surface area contributed by atoms with Crippen molar-refractivity contribution in [1.82, 2.24) is 14.3 Å². The first-order valence-electron chi connectivity index (χ1n) is 14.3. The van der Waals surface area contributed by atoms with Crippen molar-refractivity contribution in [2.45, 2.75) is 13.0 Å². The Kier molecular flexibility index (Phi) is 8.87. The summed E-state index contributed by atoms with van der Waals surface area (Å²) < 4.78 is 20.8. The summed E-state index contributed by atoms with van der Waals surface area (Å²) in [5, 5.41) is 4.92. The lowest BCUT2D eigenvalue weighted by atomic mass is 9.96. The maximum atomic E-state index is 14.3. The van der Waals surface area contributed by atoms with Gasteiger partial charge in [-0.15, -0.1) is 0 Å². The fraction of sp³-hybridized carbons (Fsp3) is 0.143.